The van der Waals surface area contributed by atoms with E-state index in [1.165, 1.54) is 14.2 Å². The standard InChI is InChI=1S/C17H17FN4O3/c1-23-15-14(25-11-8-18)16(24-2)21-17(20-15)22-10-5-7-13(22)12-6-3-4-9-19-12/h3-7,9-10H,8,11H2,1-2H3. The van der Waals surface area contributed by atoms with E-state index < -0.39 is 6.67 Å². The molecule has 0 fully saturated rings. The van der Waals surface area contributed by atoms with Gasteiger partial charge in [-0.05, 0) is 24.3 Å². The first-order valence-corrected chi connectivity index (χ1v) is 7.56. The highest BCUT2D eigenvalue weighted by Crippen LogP contribution is 2.35. The Bertz CT molecular complexity index is 814. The first-order valence-electron chi connectivity index (χ1n) is 7.56. The van der Waals surface area contributed by atoms with Gasteiger partial charge in [-0.1, -0.05) is 6.07 Å². The van der Waals surface area contributed by atoms with Gasteiger partial charge in [0.05, 0.1) is 25.6 Å². The van der Waals surface area contributed by atoms with Gasteiger partial charge in [0.25, 0.3) is 11.8 Å². The number of pyridine rings is 1. The van der Waals surface area contributed by atoms with Crippen molar-refractivity contribution in [1.29, 1.82) is 0 Å². The summed E-state index contributed by atoms with van der Waals surface area (Å²) in [5.41, 5.74) is 1.58. The highest BCUT2D eigenvalue weighted by Gasteiger charge is 2.20. The number of hydrogen-bond donors (Lipinski definition) is 0. The second-order valence-corrected chi connectivity index (χ2v) is 4.89. The van der Waals surface area contributed by atoms with E-state index in [4.69, 9.17) is 14.2 Å². The topological polar surface area (TPSA) is 71.3 Å². The summed E-state index contributed by atoms with van der Waals surface area (Å²) in [6.07, 6.45) is 3.52. The number of methoxy groups -OCH3 is 2. The van der Waals surface area contributed by atoms with Crippen molar-refractivity contribution in [3.8, 4) is 34.8 Å². The molecule has 8 heteroatoms. The number of hydrogen-bond acceptors (Lipinski definition) is 6. The van der Waals surface area contributed by atoms with Crippen molar-refractivity contribution in [3.63, 3.8) is 0 Å². The van der Waals surface area contributed by atoms with E-state index in [2.05, 4.69) is 15.0 Å². The molecule has 0 amide bonds. The molecule has 3 heterocycles. The molecule has 0 saturated heterocycles. The number of alkyl halides is 1. The monoisotopic (exact) mass is 344 g/mol. The number of aromatic nitrogens is 4. The van der Waals surface area contributed by atoms with Crippen LogP contribution in [0, 0.1) is 0 Å². The van der Waals surface area contributed by atoms with Crippen LogP contribution in [-0.4, -0.2) is 47.0 Å². The minimum atomic E-state index is -0.643. The highest BCUT2D eigenvalue weighted by atomic mass is 19.1. The minimum Gasteiger partial charge on any atom is -0.481 e. The summed E-state index contributed by atoms with van der Waals surface area (Å²) in [5.74, 6) is 0.817. The number of ether oxygens (including phenoxy) is 3. The maximum atomic E-state index is 12.4. The van der Waals surface area contributed by atoms with Gasteiger partial charge in [-0.3, -0.25) is 9.55 Å². The smallest absolute Gasteiger partial charge is 0.265 e. The fourth-order valence-electron chi connectivity index (χ4n) is 2.33. The summed E-state index contributed by atoms with van der Waals surface area (Å²) >= 11 is 0. The Morgan fingerprint density at radius 2 is 1.80 bits per heavy atom. The molecular formula is C17H17FN4O3. The van der Waals surface area contributed by atoms with Crippen molar-refractivity contribution in [2.45, 2.75) is 0 Å². The third-order valence-electron chi connectivity index (χ3n) is 3.39. The Morgan fingerprint density at radius 3 is 2.40 bits per heavy atom. The zero-order valence-corrected chi connectivity index (χ0v) is 13.8. The van der Waals surface area contributed by atoms with E-state index in [-0.39, 0.29) is 24.1 Å². The lowest BCUT2D eigenvalue weighted by Gasteiger charge is -2.14. The van der Waals surface area contributed by atoms with Crippen molar-refractivity contribution in [2.75, 3.05) is 27.5 Å². The molecule has 25 heavy (non-hydrogen) atoms. The number of rotatable bonds is 7. The Hall–Kier alpha value is -3.16. The molecular weight excluding hydrogens is 327 g/mol. The lowest BCUT2D eigenvalue weighted by Crippen LogP contribution is -2.09. The van der Waals surface area contributed by atoms with Gasteiger partial charge >= 0.3 is 0 Å². The van der Waals surface area contributed by atoms with Crippen LogP contribution in [0.4, 0.5) is 4.39 Å². The molecule has 0 spiro atoms. The summed E-state index contributed by atoms with van der Waals surface area (Å²) in [5, 5.41) is 0. The van der Waals surface area contributed by atoms with Crippen LogP contribution in [0.2, 0.25) is 0 Å². The van der Waals surface area contributed by atoms with Crippen LogP contribution < -0.4 is 14.2 Å². The van der Waals surface area contributed by atoms with E-state index in [1.54, 1.807) is 17.0 Å². The quantitative estimate of drug-likeness (QED) is 0.656. The summed E-state index contributed by atoms with van der Waals surface area (Å²) < 4.78 is 30.0. The van der Waals surface area contributed by atoms with Crippen LogP contribution in [-0.2, 0) is 0 Å². The van der Waals surface area contributed by atoms with E-state index in [1.807, 2.05) is 30.3 Å². The minimum absolute atomic E-state index is 0.141. The van der Waals surface area contributed by atoms with E-state index in [0.29, 0.717) is 5.95 Å². The normalized spacial score (nSPS) is 10.5. The maximum Gasteiger partial charge on any atom is 0.265 e. The van der Waals surface area contributed by atoms with Crippen molar-refractivity contribution in [2.24, 2.45) is 0 Å². The largest absolute Gasteiger partial charge is 0.481 e. The lowest BCUT2D eigenvalue weighted by molar-refractivity contribution is 0.240. The molecule has 0 unspecified atom stereocenters. The summed E-state index contributed by atoms with van der Waals surface area (Å²) in [6, 6.07) is 9.39. The Labute approximate surface area is 144 Å². The summed E-state index contributed by atoms with van der Waals surface area (Å²) in [6.45, 7) is -0.784. The van der Waals surface area contributed by atoms with Crippen LogP contribution in [0.5, 0.6) is 17.5 Å². The molecule has 7 nitrogen and oxygen atoms in total. The van der Waals surface area contributed by atoms with Crippen molar-refractivity contribution in [3.05, 3.63) is 42.7 Å². The molecule has 0 aliphatic heterocycles. The molecule has 3 rings (SSSR count). The number of halogens is 1. The van der Waals surface area contributed by atoms with E-state index in [0.717, 1.165) is 11.4 Å². The molecule has 0 N–H and O–H groups in total. The van der Waals surface area contributed by atoms with Gasteiger partial charge in [0.1, 0.15) is 13.3 Å². The maximum absolute atomic E-state index is 12.4. The van der Waals surface area contributed by atoms with Crippen LogP contribution in [0.1, 0.15) is 0 Å². The van der Waals surface area contributed by atoms with Gasteiger partial charge in [-0.15, -0.1) is 0 Å². The van der Waals surface area contributed by atoms with Gasteiger partial charge < -0.3 is 14.2 Å². The average Bonchev–Trinajstić information content (AvgIpc) is 3.16. The van der Waals surface area contributed by atoms with Gasteiger partial charge in [0.15, 0.2) is 0 Å². The second-order valence-electron chi connectivity index (χ2n) is 4.89. The van der Waals surface area contributed by atoms with Crippen molar-refractivity contribution in [1.82, 2.24) is 19.5 Å². The molecule has 0 aliphatic carbocycles. The molecule has 0 saturated carbocycles. The van der Waals surface area contributed by atoms with Crippen molar-refractivity contribution < 1.29 is 18.6 Å². The van der Waals surface area contributed by atoms with Gasteiger partial charge in [-0.2, -0.15) is 9.97 Å². The van der Waals surface area contributed by atoms with Crippen LogP contribution in [0.3, 0.4) is 0 Å². The van der Waals surface area contributed by atoms with Gasteiger partial charge in [0.2, 0.25) is 11.7 Å². The molecule has 0 radical (unpaired) electrons. The molecule has 3 aromatic rings. The van der Waals surface area contributed by atoms with E-state index in [9.17, 15) is 4.39 Å². The lowest BCUT2D eigenvalue weighted by atomic mass is 10.3. The van der Waals surface area contributed by atoms with Crippen LogP contribution in [0.25, 0.3) is 17.3 Å². The van der Waals surface area contributed by atoms with Crippen molar-refractivity contribution >= 4 is 0 Å². The second kappa shape index (κ2) is 7.61. The molecule has 3 aromatic heterocycles. The molecule has 0 aliphatic rings. The number of nitrogens with zero attached hydrogens (tertiary/aromatic N) is 4. The van der Waals surface area contributed by atoms with E-state index >= 15 is 0 Å². The highest BCUT2D eigenvalue weighted by molar-refractivity contribution is 5.58. The van der Waals surface area contributed by atoms with Gasteiger partial charge in [-0.25, -0.2) is 4.39 Å². The first-order chi connectivity index (χ1) is 12.3. The fraction of sp³-hybridized carbons (Fsp3) is 0.235. The Kier molecular flexibility index (Phi) is 5.08. The summed E-state index contributed by atoms with van der Waals surface area (Å²) in [4.78, 5) is 13.1. The fourth-order valence-corrected chi connectivity index (χ4v) is 2.33. The van der Waals surface area contributed by atoms with Crippen LogP contribution in [0.15, 0.2) is 42.7 Å². The molecule has 0 bridgehead atoms. The zero-order chi connectivity index (χ0) is 17.6. The third-order valence-corrected chi connectivity index (χ3v) is 3.39. The Morgan fingerprint density at radius 1 is 1.04 bits per heavy atom. The third kappa shape index (κ3) is 3.37. The average molecular weight is 344 g/mol. The SMILES string of the molecule is COc1nc(-n2cccc2-c2ccccn2)nc(OC)c1OCCF. The predicted molar refractivity (Wildman–Crippen MR) is 89.2 cm³/mol. The summed E-state index contributed by atoms with van der Waals surface area (Å²) in [7, 11) is 2.90. The Balaban J connectivity index is 2.09. The van der Waals surface area contributed by atoms with Gasteiger partial charge in [0, 0.05) is 12.4 Å². The first kappa shape index (κ1) is 16.7. The zero-order valence-electron chi connectivity index (χ0n) is 13.8. The molecule has 0 aromatic carbocycles. The molecule has 0 atom stereocenters. The van der Waals surface area contributed by atoms with Crippen LogP contribution >= 0.6 is 0 Å². The molecule has 130 valence electrons. The predicted octanol–water partition coefficient (Wildman–Crippen LogP) is 2.69.